The van der Waals surface area contributed by atoms with E-state index in [1.165, 1.54) is 12.1 Å². The van der Waals surface area contributed by atoms with Crippen LogP contribution in [0.5, 0.6) is 0 Å². The molecule has 0 heterocycles. The Morgan fingerprint density at radius 1 is 1.08 bits per heavy atom. The molecule has 0 unspecified atom stereocenters. The first-order valence-electron chi connectivity index (χ1n) is 8.36. The van der Waals surface area contributed by atoms with Crippen molar-refractivity contribution in [3.63, 3.8) is 0 Å². The Bertz CT molecular complexity index is 822. The zero-order chi connectivity index (χ0) is 18.7. The van der Waals surface area contributed by atoms with Crippen LogP contribution in [-0.2, 0) is 9.59 Å². The molecule has 2 amide bonds. The summed E-state index contributed by atoms with van der Waals surface area (Å²) in [6, 6.07) is 10.4. The average Bonchev–Trinajstić information content (AvgIpc) is 3.44. The number of benzene rings is 2. The van der Waals surface area contributed by atoms with Crippen molar-refractivity contribution in [2.45, 2.75) is 25.8 Å². The summed E-state index contributed by atoms with van der Waals surface area (Å²) < 4.78 is 13.1. The van der Waals surface area contributed by atoms with E-state index in [9.17, 15) is 14.0 Å². The summed E-state index contributed by atoms with van der Waals surface area (Å²) in [6.45, 7) is 1.70. The number of halogens is 2. The summed E-state index contributed by atoms with van der Waals surface area (Å²) in [5, 5.41) is 8.72. The molecular weight excluding hydrogens is 357 g/mol. The Balaban J connectivity index is 1.55. The second-order valence-electron chi connectivity index (χ2n) is 6.32. The van der Waals surface area contributed by atoms with Crippen molar-refractivity contribution in [3.8, 4) is 0 Å². The fourth-order valence-corrected chi connectivity index (χ4v) is 2.60. The monoisotopic (exact) mass is 375 g/mol. The number of carbonyl (C=O) groups excluding carboxylic acids is 2. The first-order valence-corrected chi connectivity index (χ1v) is 8.73. The Kier molecular flexibility index (Phi) is 5.42. The molecule has 2 aromatic rings. The molecule has 0 spiro atoms. The van der Waals surface area contributed by atoms with E-state index < -0.39 is 11.9 Å². The highest BCUT2D eigenvalue weighted by Gasteiger charge is 2.29. The lowest BCUT2D eigenvalue weighted by Gasteiger charge is -2.16. The van der Waals surface area contributed by atoms with Crippen molar-refractivity contribution in [3.05, 3.63) is 53.3 Å². The molecule has 1 fully saturated rings. The highest BCUT2D eigenvalue weighted by molar-refractivity contribution is 6.33. The maximum absolute atomic E-state index is 13.1. The number of carbonyl (C=O) groups is 2. The Labute approximate surface area is 155 Å². The van der Waals surface area contributed by atoms with Gasteiger partial charge in [0.05, 0.1) is 10.7 Å². The molecule has 5 nitrogen and oxygen atoms in total. The number of hydrogen-bond donors (Lipinski definition) is 3. The van der Waals surface area contributed by atoms with Crippen LogP contribution in [0, 0.1) is 11.7 Å². The van der Waals surface area contributed by atoms with Gasteiger partial charge in [0.15, 0.2) is 0 Å². The summed E-state index contributed by atoms with van der Waals surface area (Å²) in [5.41, 5.74) is 1.81. The van der Waals surface area contributed by atoms with Crippen molar-refractivity contribution in [2.75, 3.05) is 16.0 Å². The Morgan fingerprint density at radius 2 is 1.73 bits per heavy atom. The van der Waals surface area contributed by atoms with Gasteiger partial charge in [0.1, 0.15) is 11.9 Å². The van der Waals surface area contributed by atoms with E-state index in [-0.39, 0.29) is 22.8 Å². The molecule has 0 radical (unpaired) electrons. The van der Waals surface area contributed by atoms with Crippen LogP contribution in [0.2, 0.25) is 5.02 Å². The zero-order valence-corrected chi connectivity index (χ0v) is 14.9. The number of nitrogens with one attached hydrogen (secondary N) is 3. The molecule has 0 bridgehead atoms. The lowest BCUT2D eigenvalue weighted by Crippen LogP contribution is -2.31. The SMILES string of the molecule is C[C@@H](Nc1ccc(NC(=O)C2CC2)cc1)C(=O)Nc1ccc(F)cc1Cl. The molecule has 136 valence electrons. The van der Waals surface area contributed by atoms with E-state index >= 15 is 0 Å². The first-order chi connectivity index (χ1) is 12.4. The second kappa shape index (κ2) is 7.74. The van der Waals surface area contributed by atoms with Crippen LogP contribution >= 0.6 is 11.6 Å². The van der Waals surface area contributed by atoms with Crippen molar-refractivity contribution in [1.29, 1.82) is 0 Å². The Morgan fingerprint density at radius 3 is 2.35 bits per heavy atom. The van der Waals surface area contributed by atoms with Gasteiger partial charge < -0.3 is 16.0 Å². The zero-order valence-electron chi connectivity index (χ0n) is 14.2. The standard InChI is InChI=1S/C19H19ClFN3O2/c1-11(18(25)24-17-9-4-13(21)10-16(17)20)22-14-5-7-15(8-6-14)23-19(26)12-2-3-12/h4-12,22H,2-3H2,1H3,(H,23,26)(H,24,25)/t11-/m1/s1. The summed E-state index contributed by atoms with van der Waals surface area (Å²) in [6.07, 6.45) is 1.91. The molecule has 1 aliphatic carbocycles. The molecule has 0 aromatic heterocycles. The van der Waals surface area contributed by atoms with Crippen LogP contribution in [0.3, 0.4) is 0 Å². The highest BCUT2D eigenvalue weighted by atomic mass is 35.5. The minimum atomic E-state index is -0.539. The predicted molar refractivity (Wildman–Crippen MR) is 101 cm³/mol. The molecule has 1 atom stereocenters. The van der Waals surface area contributed by atoms with Gasteiger partial charge in [-0.25, -0.2) is 4.39 Å². The first kappa shape index (κ1) is 18.2. The maximum atomic E-state index is 13.1. The van der Waals surface area contributed by atoms with Crippen LogP contribution in [0.25, 0.3) is 0 Å². The molecule has 1 aliphatic rings. The van der Waals surface area contributed by atoms with Gasteiger partial charge in [0, 0.05) is 17.3 Å². The van der Waals surface area contributed by atoms with Gasteiger partial charge >= 0.3 is 0 Å². The molecular formula is C19H19ClFN3O2. The van der Waals surface area contributed by atoms with Crippen LogP contribution in [0.15, 0.2) is 42.5 Å². The number of anilines is 3. The molecule has 0 saturated heterocycles. The third kappa shape index (κ3) is 4.73. The van der Waals surface area contributed by atoms with Gasteiger partial charge in [-0.05, 0) is 62.2 Å². The van der Waals surface area contributed by atoms with Gasteiger partial charge in [-0.15, -0.1) is 0 Å². The summed E-state index contributed by atoms with van der Waals surface area (Å²) >= 11 is 5.91. The second-order valence-corrected chi connectivity index (χ2v) is 6.73. The maximum Gasteiger partial charge on any atom is 0.246 e. The molecule has 26 heavy (non-hydrogen) atoms. The quantitative estimate of drug-likeness (QED) is 0.706. The van der Waals surface area contributed by atoms with Gasteiger partial charge in [0.25, 0.3) is 0 Å². The van der Waals surface area contributed by atoms with Crippen molar-refractivity contribution in [1.82, 2.24) is 0 Å². The molecule has 3 N–H and O–H groups in total. The summed E-state index contributed by atoms with van der Waals surface area (Å²) in [4.78, 5) is 24.0. The van der Waals surface area contributed by atoms with Crippen molar-refractivity contribution in [2.24, 2.45) is 5.92 Å². The normalized spacial score (nSPS) is 14.4. The predicted octanol–water partition coefficient (Wildman–Crippen LogP) is 4.27. The third-order valence-electron chi connectivity index (χ3n) is 4.07. The van der Waals surface area contributed by atoms with Gasteiger partial charge in [-0.2, -0.15) is 0 Å². The lowest BCUT2D eigenvalue weighted by atomic mass is 10.2. The van der Waals surface area contributed by atoms with E-state index in [0.29, 0.717) is 5.69 Å². The van der Waals surface area contributed by atoms with Crippen LogP contribution in [-0.4, -0.2) is 17.9 Å². The van der Waals surface area contributed by atoms with E-state index in [1.807, 2.05) is 0 Å². The van der Waals surface area contributed by atoms with E-state index in [4.69, 9.17) is 11.6 Å². The lowest BCUT2D eigenvalue weighted by molar-refractivity contribution is -0.117. The summed E-state index contributed by atoms with van der Waals surface area (Å²) in [5.74, 6) is -0.568. The van der Waals surface area contributed by atoms with Crippen LogP contribution in [0.4, 0.5) is 21.5 Å². The van der Waals surface area contributed by atoms with Crippen molar-refractivity contribution < 1.29 is 14.0 Å². The molecule has 2 aromatic carbocycles. The van der Waals surface area contributed by atoms with E-state index in [0.717, 1.165) is 30.3 Å². The molecule has 3 rings (SSSR count). The fourth-order valence-electron chi connectivity index (χ4n) is 2.39. The topological polar surface area (TPSA) is 70.2 Å². The number of rotatable bonds is 6. The van der Waals surface area contributed by atoms with Gasteiger partial charge in [-0.1, -0.05) is 11.6 Å². The molecule has 0 aliphatic heterocycles. The van der Waals surface area contributed by atoms with Crippen LogP contribution in [0.1, 0.15) is 19.8 Å². The van der Waals surface area contributed by atoms with Gasteiger partial charge in [-0.3, -0.25) is 9.59 Å². The average molecular weight is 376 g/mol. The highest BCUT2D eigenvalue weighted by Crippen LogP contribution is 2.30. The number of hydrogen-bond acceptors (Lipinski definition) is 3. The van der Waals surface area contributed by atoms with E-state index in [2.05, 4.69) is 16.0 Å². The minimum absolute atomic E-state index is 0.0506. The van der Waals surface area contributed by atoms with E-state index in [1.54, 1.807) is 31.2 Å². The molecule has 1 saturated carbocycles. The fraction of sp³-hybridized carbons (Fsp3) is 0.263. The number of amides is 2. The molecule has 7 heteroatoms. The third-order valence-corrected chi connectivity index (χ3v) is 4.38. The largest absolute Gasteiger partial charge is 0.374 e. The van der Waals surface area contributed by atoms with Crippen LogP contribution < -0.4 is 16.0 Å². The summed E-state index contributed by atoms with van der Waals surface area (Å²) in [7, 11) is 0. The van der Waals surface area contributed by atoms with Gasteiger partial charge in [0.2, 0.25) is 11.8 Å². The Hall–Kier alpha value is -2.60. The smallest absolute Gasteiger partial charge is 0.246 e. The minimum Gasteiger partial charge on any atom is -0.374 e. The van der Waals surface area contributed by atoms with Crippen molar-refractivity contribution >= 4 is 40.5 Å².